The van der Waals surface area contributed by atoms with Gasteiger partial charge in [-0.15, -0.1) is 0 Å². The van der Waals surface area contributed by atoms with Gasteiger partial charge in [0.15, 0.2) is 0 Å². The fourth-order valence-electron chi connectivity index (χ4n) is 1.54. The number of carbonyl (C=O) groups is 1. The summed E-state index contributed by atoms with van der Waals surface area (Å²) >= 11 is 3.33. The van der Waals surface area contributed by atoms with Crippen LogP contribution in [0.5, 0.6) is 0 Å². The maximum Gasteiger partial charge on any atom is 0.249 e. The van der Waals surface area contributed by atoms with Crippen molar-refractivity contribution in [1.82, 2.24) is 5.32 Å². The first kappa shape index (κ1) is 14.0. The summed E-state index contributed by atoms with van der Waals surface area (Å²) in [6.07, 6.45) is 0. The van der Waals surface area contributed by atoms with Gasteiger partial charge < -0.3 is 16.4 Å². The van der Waals surface area contributed by atoms with Crippen LogP contribution >= 0.6 is 15.9 Å². The molecule has 0 radical (unpaired) electrons. The van der Waals surface area contributed by atoms with Crippen LogP contribution in [0.2, 0.25) is 0 Å². The summed E-state index contributed by atoms with van der Waals surface area (Å²) < 4.78 is 0.719. The van der Waals surface area contributed by atoms with Gasteiger partial charge >= 0.3 is 0 Å². The van der Waals surface area contributed by atoms with Gasteiger partial charge in [0, 0.05) is 16.7 Å². The Balaban J connectivity index is 2.62. The lowest BCUT2D eigenvalue weighted by atomic mass is 10.1. The summed E-state index contributed by atoms with van der Waals surface area (Å²) in [7, 11) is 1.94. The molecule has 17 heavy (non-hydrogen) atoms. The normalized spacial score (nSPS) is 12.2. The molecule has 0 aliphatic rings. The molecular formula is C12H18BrN3O. The first-order valence-corrected chi connectivity index (χ1v) is 6.31. The fourth-order valence-corrected chi connectivity index (χ4v) is 2.11. The van der Waals surface area contributed by atoms with E-state index in [1.807, 2.05) is 19.2 Å². The smallest absolute Gasteiger partial charge is 0.249 e. The molecular weight excluding hydrogens is 282 g/mol. The van der Waals surface area contributed by atoms with Gasteiger partial charge in [0.25, 0.3) is 0 Å². The number of primary amides is 1. The van der Waals surface area contributed by atoms with E-state index in [0.29, 0.717) is 11.5 Å². The molecule has 1 aromatic rings. The maximum absolute atomic E-state index is 11.0. The zero-order valence-electron chi connectivity index (χ0n) is 10.1. The van der Waals surface area contributed by atoms with E-state index in [2.05, 4.69) is 33.5 Å². The van der Waals surface area contributed by atoms with Gasteiger partial charge in [0.2, 0.25) is 5.91 Å². The molecule has 1 aromatic carbocycles. The number of hydrogen-bond acceptors (Lipinski definition) is 3. The molecule has 0 aromatic heterocycles. The van der Waals surface area contributed by atoms with Crippen LogP contribution in [0.3, 0.4) is 0 Å². The highest BCUT2D eigenvalue weighted by atomic mass is 79.9. The van der Waals surface area contributed by atoms with E-state index in [9.17, 15) is 4.79 Å². The maximum atomic E-state index is 11.0. The molecule has 94 valence electrons. The number of rotatable bonds is 6. The minimum absolute atomic E-state index is 0.424. The van der Waals surface area contributed by atoms with Gasteiger partial charge in [0.05, 0.1) is 5.56 Å². The summed E-state index contributed by atoms with van der Waals surface area (Å²) in [6, 6.07) is 5.45. The van der Waals surface area contributed by atoms with Crippen molar-refractivity contribution in [1.29, 1.82) is 0 Å². The second kappa shape index (κ2) is 6.61. The van der Waals surface area contributed by atoms with Crippen molar-refractivity contribution in [3.05, 3.63) is 28.2 Å². The molecule has 0 fully saturated rings. The molecule has 1 amide bonds. The molecule has 0 heterocycles. The average molecular weight is 300 g/mol. The van der Waals surface area contributed by atoms with Gasteiger partial charge in [-0.25, -0.2) is 0 Å². The Morgan fingerprint density at radius 3 is 2.71 bits per heavy atom. The van der Waals surface area contributed by atoms with Crippen LogP contribution in [0, 0.1) is 5.92 Å². The predicted octanol–water partition coefficient (Wildman–Crippen LogP) is 1.82. The summed E-state index contributed by atoms with van der Waals surface area (Å²) in [5, 5.41) is 6.44. The van der Waals surface area contributed by atoms with Crippen molar-refractivity contribution in [3.8, 4) is 0 Å². The lowest BCUT2D eigenvalue weighted by Gasteiger charge is -2.13. The average Bonchev–Trinajstić information content (AvgIpc) is 2.26. The number of hydrogen-bond donors (Lipinski definition) is 3. The standard InChI is InChI=1S/C12H18BrN3O/c1-8(6-15-2)7-16-9-3-4-10(12(14)17)11(13)5-9/h3-5,8,15-16H,6-7H2,1-2H3,(H2,14,17). The number of benzene rings is 1. The molecule has 1 atom stereocenters. The number of carbonyl (C=O) groups excluding carboxylic acids is 1. The Morgan fingerprint density at radius 2 is 2.18 bits per heavy atom. The van der Waals surface area contributed by atoms with E-state index >= 15 is 0 Å². The van der Waals surface area contributed by atoms with Gasteiger partial charge in [-0.2, -0.15) is 0 Å². The summed E-state index contributed by atoms with van der Waals surface area (Å²) in [5.41, 5.74) is 6.70. The Kier molecular flexibility index (Phi) is 5.44. The Labute approximate surface area is 110 Å². The summed E-state index contributed by atoms with van der Waals surface area (Å²) in [6.45, 7) is 4.01. The number of nitrogens with one attached hydrogen (secondary N) is 2. The second-order valence-corrected chi connectivity index (χ2v) is 4.96. The van der Waals surface area contributed by atoms with Gasteiger partial charge in [0.1, 0.15) is 0 Å². The Bertz CT molecular complexity index is 395. The summed E-state index contributed by atoms with van der Waals surface area (Å²) in [4.78, 5) is 11.0. The quantitative estimate of drug-likeness (QED) is 0.750. The van der Waals surface area contributed by atoms with E-state index in [0.717, 1.165) is 23.2 Å². The third-order valence-electron chi connectivity index (χ3n) is 2.44. The van der Waals surface area contributed by atoms with Crippen LogP contribution in [-0.4, -0.2) is 26.0 Å². The molecule has 0 aliphatic carbocycles. The van der Waals surface area contributed by atoms with Crippen molar-refractivity contribution >= 4 is 27.5 Å². The molecule has 1 rings (SSSR count). The van der Waals surface area contributed by atoms with Crippen LogP contribution in [0.25, 0.3) is 0 Å². The highest BCUT2D eigenvalue weighted by Gasteiger charge is 2.07. The Hall–Kier alpha value is -1.07. The molecule has 0 aliphatic heterocycles. The van der Waals surface area contributed by atoms with Gasteiger partial charge in [-0.1, -0.05) is 6.92 Å². The minimum atomic E-state index is -0.424. The topological polar surface area (TPSA) is 67.2 Å². The second-order valence-electron chi connectivity index (χ2n) is 4.10. The minimum Gasteiger partial charge on any atom is -0.385 e. The van der Waals surface area contributed by atoms with Crippen LogP contribution in [0.1, 0.15) is 17.3 Å². The number of nitrogens with two attached hydrogens (primary N) is 1. The molecule has 0 saturated carbocycles. The zero-order valence-corrected chi connectivity index (χ0v) is 11.7. The highest BCUT2D eigenvalue weighted by Crippen LogP contribution is 2.21. The van der Waals surface area contributed by atoms with Gasteiger partial charge in [-0.05, 0) is 53.6 Å². The first-order chi connectivity index (χ1) is 8.04. The number of halogens is 1. The Morgan fingerprint density at radius 1 is 1.47 bits per heavy atom. The molecule has 1 unspecified atom stereocenters. The number of anilines is 1. The number of amides is 1. The van der Waals surface area contributed by atoms with Crippen molar-refractivity contribution < 1.29 is 4.79 Å². The van der Waals surface area contributed by atoms with E-state index in [1.165, 1.54) is 0 Å². The van der Waals surface area contributed by atoms with Crippen LogP contribution < -0.4 is 16.4 Å². The van der Waals surface area contributed by atoms with Crippen LogP contribution in [0.15, 0.2) is 22.7 Å². The highest BCUT2D eigenvalue weighted by molar-refractivity contribution is 9.10. The molecule has 5 heteroatoms. The molecule has 0 saturated heterocycles. The summed E-state index contributed by atoms with van der Waals surface area (Å²) in [5.74, 6) is 0.113. The zero-order chi connectivity index (χ0) is 12.8. The first-order valence-electron chi connectivity index (χ1n) is 5.52. The van der Waals surface area contributed by atoms with E-state index in [-0.39, 0.29) is 0 Å². The van der Waals surface area contributed by atoms with Gasteiger partial charge in [-0.3, -0.25) is 4.79 Å². The van der Waals surface area contributed by atoms with Crippen LogP contribution in [-0.2, 0) is 0 Å². The third kappa shape index (κ3) is 4.36. The van der Waals surface area contributed by atoms with Crippen molar-refractivity contribution in [2.45, 2.75) is 6.92 Å². The van der Waals surface area contributed by atoms with Crippen LogP contribution in [0.4, 0.5) is 5.69 Å². The fraction of sp³-hybridized carbons (Fsp3) is 0.417. The van der Waals surface area contributed by atoms with Crippen molar-refractivity contribution in [3.63, 3.8) is 0 Å². The van der Waals surface area contributed by atoms with Crippen molar-refractivity contribution in [2.75, 3.05) is 25.5 Å². The molecule has 0 bridgehead atoms. The SMILES string of the molecule is CNCC(C)CNc1ccc(C(N)=O)c(Br)c1. The monoisotopic (exact) mass is 299 g/mol. The van der Waals surface area contributed by atoms with E-state index in [1.54, 1.807) is 6.07 Å². The van der Waals surface area contributed by atoms with E-state index in [4.69, 9.17) is 5.73 Å². The third-order valence-corrected chi connectivity index (χ3v) is 3.10. The lowest BCUT2D eigenvalue weighted by molar-refractivity contribution is 0.0999. The lowest BCUT2D eigenvalue weighted by Crippen LogP contribution is -2.22. The van der Waals surface area contributed by atoms with E-state index < -0.39 is 5.91 Å². The molecule has 0 spiro atoms. The van der Waals surface area contributed by atoms with Crippen molar-refractivity contribution in [2.24, 2.45) is 11.7 Å². The largest absolute Gasteiger partial charge is 0.385 e. The molecule has 4 N–H and O–H groups in total. The predicted molar refractivity (Wildman–Crippen MR) is 74.2 cm³/mol. The molecule has 4 nitrogen and oxygen atoms in total.